The first-order valence-electron chi connectivity index (χ1n) is 8.02. The minimum atomic E-state index is -0.0190. The Bertz CT molecular complexity index is 708. The van der Waals surface area contributed by atoms with E-state index in [1.165, 1.54) is 11.3 Å². The number of rotatable bonds is 4. The number of pyridine rings is 1. The van der Waals surface area contributed by atoms with Crippen LogP contribution in [0.4, 0.5) is 0 Å². The van der Waals surface area contributed by atoms with Gasteiger partial charge in [-0.25, -0.2) is 4.98 Å². The number of nitrogens with one attached hydrogen (secondary N) is 1. The standard InChI is InChI=1S/C17H20N4O2S/c1-12(22)21-8-5-13(6-9-21)16(23)19-10-14-11-24-17(20-14)15-4-2-3-7-18-15/h2-4,7,11,13H,5-6,8-10H2,1H3,(H,19,23). The summed E-state index contributed by atoms with van der Waals surface area (Å²) >= 11 is 1.52. The molecular weight excluding hydrogens is 324 g/mol. The van der Waals surface area contributed by atoms with E-state index in [1.54, 1.807) is 18.0 Å². The van der Waals surface area contributed by atoms with Gasteiger partial charge in [-0.1, -0.05) is 6.07 Å². The van der Waals surface area contributed by atoms with Crippen LogP contribution in [0.1, 0.15) is 25.5 Å². The molecule has 3 heterocycles. The lowest BCUT2D eigenvalue weighted by Crippen LogP contribution is -2.42. The predicted octanol–water partition coefficient (Wildman–Crippen LogP) is 2.08. The van der Waals surface area contributed by atoms with Gasteiger partial charge in [-0.15, -0.1) is 11.3 Å². The molecule has 7 heteroatoms. The number of piperidine rings is 1. The Morgan fingerprint density at radius 2 is 2.12 bits per heavy atom. The quantitative estimate of drug-likeness (QED) is 0.921. The highest BCUT2D eigenvalue weighted by Gasteiger charge is 2.25. The first-order valence-corrected chi connectivity index (χ1v) is 8.90. The van der Waals surface area contributed by atoms with Crippen molar-refractivity contribution >= 4 is 23.2 Å². The Morgan fingerprint density at radius 1 is 1.33 bits per heavy atom. The van der Waals surface area contributed by atoms with Crippen LogP contribution in [-0.2, 0) is 16.1 Å². The molecule has 1 fully saturated rings. The lowest BCUT2D eigenvalue weighted by Gasteiger charge is -2.30. The predicted molar refractivity (Wildman–Crippen MR) is 92.2 cm³/mol. The number of aromatic nitrogens is 2. The highest BCUT2D eigenvalue weighted by molar-refractivity contribution is 7.13. The van der Waals surface area contributed by atoms with Gasteiger partial charge >= 0.3 is 0 Å². The maximum atomic E-state index is 12.3. The van der Waals surface area contributed by atoms with Crippen LogP contribution in [-0.4, -0.2) is 39.8 Å². The third-order valence-corrected chi connectivity index (χ3v) is 5.10. The van der Waals surface area contributed by atoms with Gasteiger partial charge in [-0.2, -0.15) is 0 Å². The first-order chi connectivity index (χ1) is 11.6. The summed E-state index contributed by atoms with van der Waals surface area (Å²) in [6, 6.07) is 5.72. The maximum Gasteiger partial charge on any atom is 0.223 e. The molecule has 1 saturated heterocycles. The largest absolute Gasteiger partial charge is 0.350 e. The summed E-state index contributed by atoms with van der Waals surface area (Å²) in [6.07, 6.45) is 3.19. The van der Waals surface area contributed by atoms with E-state index in [0.29, 0.717) is 19.6 Å². The fraction of sp³-hybridized carbons (Fsp3) is 0.412. The summed E-state index contributed by atoms with van der Waals surface area (Å²) in [5.74, 6) is 0.110. The van der Waals surface area contributed by atoms with Crippen LogP contribution >= 0.6 is 11.3 Å². The van der Waals surface area contributed by atoms with Gasteiger partial charge in [0.05, 0.1) is 17.9 Å². The molecule has 24 heavy (non-hydrogen) atoms. The normalized spacial score (nSPS) is 15.3. The van der Waals surface area contributed by atoms with Crippen molar-refractivity contribution in [2.75, 3.05) is 13.1 Å². The molecule has 0 aromatic carbocycles. The molecule has 0 spiro atoms. The molecule has 6 nitrogen and oxygen atoms in total. The molecule has 0 unspecified atom stereocenters. The second kappa shape index (κ2) is 7.53. The number of hydrogen-bond acceptors (Lipinski definition) is 5. The zero-order valence-corrected chi connectivity index (χ0v) is 14.4. The number of likely N-dealkylation sites (tertiary alicyclic amines) is 1. The van der Waals surface area contributed by atoms with Crippen LogP contribution in [0, 0.1) is 5.92 Å². The van der Waals surface area contributed by atoms with Crippen molar-refractivity contribution in [3.05, 3.63) is 35.5 Å². The lowest BCUT2D eigenvalue weighted by atomic mass is 9.96. The zero-order valence-electron chi connectivity index (χ0n) is 13.6. The maximum absolute atomic E-state index is 12.3. The van der Waals surface area contributed by atoms with E-state index in [9.17, 15) is 9.59 Å². The fourth-order valence-electron chi connectivity index (χ4n) is 2.77. The minimum absolute atomic E-state index is 0.0190. The molecule has 0 radical (unpaired) electrons. The zero-order chi connectivity index (χ0) is 16.9. The number of hydrogen-bond donors (Lipinski definition) is 1. The van der Waals surface area contributed by atoms with E-state index in [-0.39, 0.29) is 17.7 Å². The van der Waals surface area contributed by atoms with Crippen molar-refractivity contribution in [1.29, 1.82) is 0 Å². The third kappa shape index (κ3) is 3.97. The first kappa shape index (κ1) is 16.6. The summed E-state index contributed by atoms with van der Waals surface area (Å²) in [7, 11) is 0. The molecule has 3 rings (SSSR count). The Hall–Kier alpha value is -2.28. The van der Waals surface area contributed by atoms with Crippen molar-refractivity contribution < 1.29 is 9.59 Å². The smallest absolute Gasteiger partial charge is 0.223 e. The van der Waals surface area contributed by atoms with Gasteiger partial charge in [-0.05, 0) is 25.0 Å². The van der Waals surface area contributed by atoms with Crippen LogP contribution in [0.2, 0.25) is 0 Å². The monoisotopic (exact) mass is 344 g/mol. The van der Waals surface area contributed by atoms with E-state index in [0.717, 1.165) is 29.2 Å². The minimum Gasteiger partial charge on any atom is -0.350 e. The van der Waals surface area contributed by atoms with E-state index < -0.39 is 0 Å². The van der Waals surface area contributed by atoms with Gasteiger partial charge < -0.3 is 10.2 Å². The van der Waals surface area contributed by atoms with Crippen LogP contribution in [0.15, 0.2) is 29.8 Å². The summed E-state index contributed by atoms with van der Waals surface area (Å²) < 4.78 is 0. The summed E-state index contributed by atoms with van der Waals surface area (Å²) in [5, 5.41) is 5.76. The molecule has 0 atom stereocenters. The number of nitrogens with zero attached hydrogens (tertiary/aromatic N) is 3. The van der Waals surface area contributed by atoms with Gasteiger partial charge in [-0.3, -0.25) is 14.6 Å². The Kier molecular flexibility index (Phi) is 5.20. The SMILES string of the molecule is CC(=O)N1CCC(C(=O)NCc2csc(-c3ccccn3)n2)CC1. The van der Waals surface area contributed by atoms with E-state index in [2.05, 4.69) is 15.3 Å². The molecule has 1 aliphatic heterocycles. The molecule has 2 aromatic heterocycles. The summed E-state index contributed by atoms with van der Waals surface area (Å²) in [5.41, 5.74) is 1.69. The summed E-state index contributed by atoms with van der Waals surface area (Å²) in [4.78, 5) is 34.2. The molecule has 0 aliphatic carbocycles. The van der Waals surface area contributed by atoms with Gasteiger partial charge in [0.1, 0.15) is 5.01 Å². The van der Waals surface area contributed by atoms with Crippen molar-refractivity contribution in [3.8, 4) is 10.7 Å². The molecule has 0 saturated carbocycles. The lowest BCUT2D eigenvalue weighted by molar-refractivity contribution is -0.134. The number of thiazole rings is 1. The summed E-state index contributed by atoms with van der Waals surface area (Å²) in [6.45, 7) is 3.32. The molecular formula is C17H20N4O2S. The van der Waals surface area contributed by atoms with Crippen LogP contribution in [0.3, 0.4) is 0 Å². The van der Waals surface area contributed by atoms with Gasteiger partial charge in [0.25, 0.3) is 0 Å². The van der Waals surface area contributed by atoms with E-state index in [4.69, 9.17) is 0 Å². The Balaban J connectivity index is 1.50. The van der Waals surface area contributed by atoms with Crippen molar-refractivity contribution in [2.24, 2.45) is 5.92 Å². The van der Waals surface area contributed by atoms with Gasteiger partial charge in [0, 0.05) is 37.5 Å². The van der Waals surface area contributed by atoms with Crippen molar-refractivity contribution in [3.63, 3.8) is 0 Å². The van der Waals surface area contributed by atoms with Gasteiger partial charge in [0.2, 0.25) is 11.8 Å². The van der Waals surface area contributed by atoms with E-state index in [1.807, 2.05) is 23.6 Å². The molecule has 2 amide bonds. The molecule has 2 aromatic rings. The number of carbonyl (C=O) groups is 2. The topological polar surface area (TPSA) is 75.2 Å². The van der Waals surface area contributed by atoms with Crippen LogP contribution in [0.25, 0.3) is 10.7 Å². The van der Waals surface area contributed by atoms with Crippen LogP contribution in [0.5, 0.6) is 0 Å². The second-order valence-electron chi connectivity index (χ2n) is 5.86. The fourth-order valence-corrected chi connectivity index (χ4v) is 3.57. The average Bonchev–Trinajstić information content (AvgIpc) is 3.09. The third-order valence-electron chi connectivity index (χ3n) is 4.19. The Labute approximate surface area is 144 Å². The van der Waals surface area contributed by atoms with Crippen LogP contribution < -0.4 is 5.32 Å². The van der Waals surface area contributed by atoms with Crippen molar-refractivity contribution in [2.45, 2.75) is 26.3 Å². The average molecular weight is 344 g/mol. The molecule has 1 aliphatic rings. The highest BCUT2D eigenvalue weighted by Crippen LogP contribution is 2.22. The van der Waals surface area contributed by atoms with E-state index >= 15 is 0 Å². The van der Waals surface area contributed by atoms with Crippen molar-refractivity contribution in [1.82, 2.24) is 20.2 Å². The molecule has 0 bridgehead atoms. The number of carbonyl (C=O) groups excluding carboxylic acids is 2. The Morgan fingerprint density at radius 3 is 2.79 bits per heavy atom. The molecule has 1 N–H and O–H groups in total. The number of amides is 2. The van der Waals surface area contributed by atoms with Gasteiger partial charge in [0.15, 0.2) is 0 Å². The molecule has 126 valence electrons. The highest BCUT2D eigenvalue weighted by atomic mass is 32.1. The second-order valence-corrected chi connectivity index (χ2v) is 6.72.